The van der Waals surface area contributed by atoms with Crippen LogP contribution in [0.2, 0.25) is 0 Å². The van der Waals surface area contributed by atoms with Crippen LogP contribution in [0.3, 0.4) is 0 Å². The number of likely N-dealkylation sites (tertiary alicyclic amines) is 1. The van der Waals surface area contributed by atoms with Crippen molar-refractivity contribution >= 4 is 35.0 Å². The van der Waals surface area contributed by atoms with Gasteiger partial charge in [0.1, 0.15) is 6.04 Å². The minimum atomic E-state index is -0.890. The fraction of sp³-hybridized carbons (Fsp3) is 0.643. The molecule has 0 spiro atoms. The lowest BCUT2D eigenvalue weighted by atomic mass is 10.0. The molecule has 1 N–H and O–H groups in total. The zero-order chi connectivity index (χ0) is 15.4. The van der Waals surface area contributed by atoms with Crippen molar-refractivity contribution < 1.29 is 14.7 Å². The number of aromatic nitrogens is 1. The second-order valence-electron chi connectivity index (χ2n) is 5.30. The molecule has 1 saturated heterocycles. The molecule has 1 aromatic rings. The first-order valence-electron chi connectivity index (χ1n) is 7.00. The van der Waals surface area contributed by atoms with Crippen molar-refractivity contribution in [2.45, 2.75) is 38.5 Å². The molecule has 1 amide bonds. The molecule has 0 bridgehead atoms. The van der Waals surface area contributed by atoms with Gasteiger partial charge in [-0.15, -0.1) is 11.3 Å². The summed E-state index contributed by atoms with van der Waals surface area (Å²) in [6.07, 6.45) is 1.16. The van der Waals surface area contributed by atoms with Gasteiger partial charge in [0, 0.05) is 29.9 Å². The van der Waals surface area contributed by atoms with Crippen molar-refractivity contribution in [2.24, 2.45) is 5.92 Å². The number of hydrogen-bond donors (Lipinski definition) is 1. The second kappa shape index (κ2) is 7.26. The Labute approximate surface area is 132 Å². The van der Waals surface area contributed by atoms with E-state index in [9.17, 15) is 14.7 Å². The predicted octanol–water partition coefficient (Wildman–Crippen LogP) is 2.40. The number of carbonyl (C=O) groups excluding carboxylic acids is 1. The number of aliphatic carboxylic acids is 1. The second-order valence-corrected chi connectivity index (χ2v) is 7.46. The molecule has 7 heteroatoms. The van der Waals surface area contributed by atoms with Gasteiger partial charge in [-0.25, -0.2) is 9.78 Å². The standard InChI is InChI=1S/C14H20N2O3S2/c1-9-3-5-16(13(9)14(18)19)12(17)4-6-20-7-11-8-21-10(2)15-11/h8-9,13H,3-7H2,1-2H3,(H,18,19). The van der Waals surface area contributed by atoms with E-state index in [0.29, 0.717) is 18.7 Å². The van der Waals surface area contributed by atoms with Crippen LogP contribution in [0.15, 0.2) is 5.38 Å². The summed E-state index contributed by atoms with van der Waals surface area (Å²) >= 11 is 3.29. The van der Waals surface area contributed by atoms with Gasteiger partial charge in [-0.2, -0.15) is 11.8 Å². The van der Waals surface area contributed by atoms with Crippen molar-refractivity contribution in [3.63, 3.8) is 0 Å². The third-order valence-electron chi connectivity index (χ3n) is 3.65. The Hall–Kier alpha value is -1.08. The Balaban J connectivity index is 1.75. The van der Waals surface area contributed by atoms with Crippen LogP contribution in [0.4, 0.5) is 0 Å². The molecule has 1 aliphatic rings. The van der Waals surface area contributed by atoms with Gasteiger partial charge in [-0.05, 0) is 19.3 Å². The van der Waals surface area contributed by atoms with Crippen LogP contribution < -0.4 is 0 Å². The summed E-state index contributed by atoms with van der Waals surface area (Å²) in [7, 11) is 0. The molecule has 1 fully saturated rings. The molecule has 0 saturated carbocycles. The van der Waals surface area contributed by atoms with Crippen molar-refractivity contribution in [3.8, 4) is 0 Å². The SMILES string of the molecule is Cc1nc(CSCCC(=O)N2CCC(C)C2C(=O)O)cs1. The molecular weight excluding hydrogens is 308 g/mol. The maximum Gasteiger partial charge on any atom is 0.326 e. The van der Waals surface area contributed by atoms with E-state index in [1.165, 1.54) is 4.90 Å². The predicted molar refractivity (Wildman–Crippen MR) is 84.5 cm³/mol. The molecular formula is C14H20N2O3S2. The number of carboxylic acid groups (broad SMARTS) is 1. The lowest BCUT2D eigenvalue weighted by Gasteiger charge is -2.23. The summed E-state index contributed by atoms with van der Waals surface area (Å²) in [5.74, 6) is 0.605. The first-order chi connectivity index (χ1) is 9.99. The largest absolute Gasteiger partial charge is 0.480 e. The fourth-order valence-corrected chi connectivity index (χ4v) is 4.10. The van der Waals surface area contributed by atoms with E-state index in [0.717, 1.165) is 22.9 Å². The van der Waals surface area contributed by atoms with Crippen molar-refractivity contribution in [1.82, 2.24) is 9.88 Å². The van der Waals surface area contributed by atoms with Crippen molar-refractivity contribution in [2.75, 3.05) is 12.3 Å². The monoisotopic (exact) mass is 328 g/mol. The van der Waals surface area contributed by atoms with E-state index in [2.05, 4.69) is 4.98 Å². The summed E-state index contributed by atoms with van der Waals surface area (Å²) in [5, 5.41) is 12.3. The van der Waals surface area contributed by atoms with Crippen LogP contribution >= 0.6 is 23.1 Å². The number of amides is 1. The quantitative estimate of drug-likeness (QED) is 0.812. The smallest absolute Gasteiger partial charge is 0.326 e. The Morgan fingerprint density at radius 2 is 2.33 bits per heavy atom. The van der Waals surface area contributed by atoms with Crippen molar-refractivity contribution in [3.05, 3.63) is 16.1 Å². The Kier molecular flexibility index (Phi) is 5.64. The van der Waals surface area contributed by atoms with E-state index in [-0.39, 0.29) is 11.8 Å². The lowest BCUT2D eigenvalue weighted by molar-refractivity contribution is -0.149. The van der Waals surface area contributed by atoms with Gasteiger partial charge >= 0.3 is 5.97 Å². The van der Waals surface area contributed by atoms with Crippen LogP contribution in [-0.2, 0) is 15.3 Å². The van der Waals surface area contributed by atoms with E-state index < -0.39 is 12.0 Å². The number of aryl methyl sites for hydroxylation is 1. The topological polar surface area (TPSA) is 70.5 Å². The molecule has 5 nitrogen and oxygen atoms in total. The third-order valence-corrected chi connectivity index (χ3v) is 5.47. The molecule has 2 atom stereocenters. The Morgan fingerprint density at radius 1 is 1.57 bits per heavy atom. The average molecular weight is 328 g/mol. The van der Waals surface area contributed by atoms with Gasteiger partial charge in [0.25, 0.3) is 0 Å². The Bertz CT molecular complexity index is 518. The normalized spacial score (nSPS) is 21.7. The van der Waals surface area contributed by atoms with E-state index in [1.807, 2.05) is 19.2 Å². The third kappa shape index (κ3) is 4.20. The highest BCUT2D eigenvalue weighted by Crippen LogP contribution is 2.25. The number of nitrogens with zero attached hydrogens (tertiary/aromatic N) is 2. The highest BCUT2D eigenvalue weighted by Gasteiger charge is 2.38. The van der Waals surface area contributed by atoms with Crippen LogP contribution in [0.5, 0.6) is 0 Å². The summed E-state index contributed by atoms with van der Waals surface area (Å²) in [5.41, 5.74) is 1.05. The van der Waals surface area contributed by atoms with Crippen LogP contribution in [0.1, 0.15) is 30.5 Å². The average Bonchev–Trinajstić information content (AvgIpc) is 3.00. The molecule has 2 rings (SSSR count). The van der Waals surface area contributed by atoms with Gasteiger partial charge in [-0.3, -0.25) is 4.79 Å². The van der Waals surface area contributed by atoms with Gasteiger partial charge in [0.2, 0.25) is 5.91 Å². The molecule has 1 aliphatic heterocycles. The first-order valence-corrected chi connectivity index (χ1v) is 9.03. The fourth-order valence-electron chi connectivity index (χ4n) is 2.56. The van der Waals surface area contributed by atoms with Gasteiger partial charge < -0.3 is 10.0 Å². The number of thiazole rings is 1. The van der Waals surface area contributed by atoms with Crippen LogP contribution in [0.25, 0.3) is 0 Å². The zero-order valence-corrected chi connectivity index (χ0v) is 13.9. The maximum absolute atomic E-state index is 12.2. The van der Waals surface area contributed by atoms with E-state index >= 15 is 0 Å². The summed E-state index contributed by atoms with van der Waals surface area (Å²) in [6, 6.07) is -0.649. The number of hydrogen-bond acceptors (Lipinski definition) is 5. The van der Waals surface area contributed by atoms with Crippen molar-refractivity contribution in [1.29, 1.82) is 0 Å². The van der Waals surface area contributed by atoms with Crippen LogP contribution in [-0.4, -0.2) is 45.2 Å². The number of carboxylic acids is 1. The zero-order valence-electron chi connectivity index (χ0n) is 12.2. The molecule has 2 heterocycles. The Morgan fingerprint density at radius 3 is 2.95 bits per heavy atom. The molecule has 1 aromatic heterocycles. The molecule has 0 radical (unpaired) electrons. The molecule has 2 unspecified atom stereocenters. The van der Waals surface area contributed by atoms with Gasteiger partial charge in [-0.1, -0.05) is 6.92 Å². The maximum atomic E-state index is 12.2. The van der Waals surface area contributed by atoms with Crippen LogP contribution in [0, 0.1) is 12.8 Å². The summed E-state index contributed by atoms with van der Waals surface area (Å²) in [6.45, 7) is 4.43. The molecule has 0 aromatic carbocycles. The molecule has 116 valence electrons. The summed E-state index contributed by atoms with van der Waals surface area (Å²) < 4.78 is 0. The van der Waals surface area contributed by atoms with Gasteiger partial charge in [0.05, 0.1) is 10.7 Å². The summed E-state index contributed by atoms with van der Waals surface area (Å²) in [4.78, 5) is 29.3. The lowest BCUT2D eigenvalue weighted by Crippen LogP contribution is -2.42. The number of rotatable bonds is 6. The van der Waals surface area contributed by atoms with E-state index in [4.69, 9.17) is 0 Å². The molecule has 21 heavy (non-hydrogen) atoms. The molecule has 0 aliphatic carbocycles. The first kappa shape index (κ1) is 16.3. The van der Waals surface area contributed by atoms with Gasteiger partial charge in [0.15, 0.2) is 0 Å². The van der Waals surface area contributed by atoms with E-state index in [1.54, 1.807) is 23.1 Å². The highest BCUT2D eigenvalue weighted by atomic mass is 32.2. The number of carbonyl (C=O) groups is 2. The minimum absolute atomic E-state index is 0.0390. The minimum Gasteiger partial charge on any atom is -0.480 e. The highest BCUT2D eigenvalue weighted by molar-refractivity contribution is 7.98. The number of thioether (sulfide) groups is 1.